The Morgan fingerprint density at radius 1 is 0.741 bits per heavy atom. The van der Waals surface area contributed by atoms with Crippen molar-refractivity contribution >= 4 is 29.9 Å². The normalized spacial score (nSPS) is 14.4. The Morgan fingerprint density at radius 3 is 2.02 bits per heavy atom. The van der Waals surface area contributed by atoms with Gasteiger partial charge in [-0.2, -0.15) is 0 Å². The highest BCUT2D eigenvalue weighted by atomic mass is 16.5. The van der Waals surface area contributed by atoms with E-state index in [1.54, 1.807) is 18.2 Å². The Labute approximate surface area is 314 Å². The van der Waals surface area contributed by atoms with E-state index in [2.05, 4.69) is 29.0 Å². The lowest BCUT2D eigenvalue weighted by Gasteiger charge is -2.22. The predicted octanol–water partition coefficient (Wildman–Crippen LogP) is 2.31. The largest absolute Gasteiger partial charge is 0.469 e. The summed E-state index contributed by atoms with van der Waals surface area (Å²) in [6, 6.07) is 18.7. The SMILES string of the molecule is COC(=O)Cc1cc(C#CCOC(=O)Cc2cccc(CN)c2)cc(C#CCOC(=O)NC2CC(C(=O)OC)N(C(=O)CCc3ccc(CN)cc3)C2)c1. The minimum absolute atomic E-state index is 0.0220. The van der Waals surface area contributed by atoms with Crippen molar-refractivity contribution in [3.05, 3.63) is 106 Å². The van der Waals surface area contributed by atoms with E-state index in [-0.39, 0.29) is 51.3 Å². The third kappa shape index (κ3) is 12.8. The second kappa shape index (κ2) is 20.8. The Bertz CT molecular complexity index is 1940. The summed E-state index contributed by atoms with van der Waals surface area (Å²) >= 11 is 0. The first kappa shape index (κ1) is 40.6. The Kier molecular flexibility index (Phi) is 15.6. The second-order valence-corrected chi connectivity index (χ2v) is 12.4. The summed E-state index contributed by atoms with van der Waals surface area (Å²) in [5.41, 5.74) is 16.6. The number of benzene rings is 3. The minimum atomic E-state index is -0.840. The van der Waals surface area contributed by atoms with Gasteiger partial charge in [0.2, 0.25) is 5.91 Å². The van der Waals surface area contributed by atoms with E-state index in [0.717, 1.165) is 22.3 Å². The zero-order valence-corrected chi connectivity index (χ0v) is 30.4. The molecule has 5 N–H and O–H groups in total. The van der Waals surface area contributed by atoms with Gasteiger partial charge in [0.25, 0.3) is 0 Å². The molecule has 54 heavy (non-hydrogen) atoms. The fraction of sp³-hybridized carbons (Fsp3) is 0.341. The molecule has 1 fully saturated rings. The van der Waals surface area contributed by atoms with Crippen molar-refractivity contribution in [2.75, 3.05) is 34.0 Å². The highest BCUT2D eigenvalue weighted by Gasteiger charge is 2.40. The number of aryl methyl sites for hydroxylation is 1. The molecule has 13 heteroatoms. The standard InChI is InChI=1S/C41H44N4O9/c1-51-38(47)23-34-20-30(8-4-16-53-39(48)22-32-6-3-7-33(19-32)26-43)18-31(21-34)9-5-17-54-41(50)44-35-24-36(40(49)52-2)45(27-35)37(46)15-14-28-10-12-29(25-42)13-11-28/h3,6-7,10-13,18-21,35-36H,14-17,22-27,42-43H2,1-2H3,(H,44,50). The predicted molar refractivity (Wildman–Crippen MR) is 198 cm³/mol. The molecule has 0 bridgehead atoms. The Morgan fingerprint density at radius 2 is 1.37 bits per heavy atom. The van der Waals surface area contributed by atoms with Gasteiger partial charge >= 0.3 is 24.0 Å². The molecule has 3 aromatic carbocycles. The fourth-order valence-corrected chi connectivity index (χ4v) is 5.78. The van der Waals surface area contributed by atoms with Crippen molar-refractivity contribution in [1.82, 2.24) is 10.2 Å². The molecule has 2 atom stereocenters. The molecule has 1 saturated heterocycles. The van der Waals surface area contributed by atoms with Crippen molar-refractivity contribution in [3.8, 4) is 23.7 Å². The van der Waals surface area contributed by atoms with E-state index < -0.39 is 36.1 Å². The van der Waals surface area contributed by atoms with E-state index in [0.29, 0.717) is 36.2 Å². The molecule has 2 amide bonds. The number of rotatable bonds is 13. The van der Waals surface area contributed by atoms with E-state index in [9.17, 15) is 24.0 Å². The van der Waals surface area contributed by atoms with Crippen LogP contribution in [-0.4, -0.2) is 80.9 Å². The summed E-state index contributed by atoms with van der Waals surface area (Å²) in [4.78, 5) is 64.0. The number of esters is 3. The average molecular weight is 737 g/mol. The van der Waals surface area contributed by atoms with Crippen LogP contribution in [0.4, 0.5) is 4.79 Å². The highest BCUT2D eigenvalue weighted by Crippen LogP contribution is 2.21. The monoisotopic (exact) mass is 736 g/mol. The van der Waals surface area contributed by atoms with Gasteiger partial charge in [0, 0.05) is 43.6 Å². The number of methoxy groups -OCH3 is 2. The molecule has 0 saturated carbocycles. The van der Waals surface area contributed by atoms with Crippen LogP contribution in [0.25, 0.3) is 0 Å². The molecule has 0 aliphatic carbocycles. The van der Waals surface area contributed by atoms with Crippen LogP contribution < -0.4 is 16.8 Å². The molecule has 0 aromatic heterocycles. The van der Waals surface area contributed by atoms with Crippen molar-refractivity contribution < 1.29 is 42.9 Å². The van der Waals surface area contributed by atoms with Crippen molar-refractivity contribution in [3.63, 3.8) is 0 Å². The number of likely N-dealkylation sites (tertiary alicyclic amines) is 1. The molecule has 4 rings (SSSR count). The van der Waals surface area contributed by atoms with Crippen molar-refractivity contribution in [1.29, 1.82) is 0 Å². The first-order valence-corrected chi connectivity index (χ1v) is 17.3. The van der Waals surface area contributed by atoms with Crippen molar-refractivity contribution in [2.45, 2.75) is 57.3 Å². The minimum Gasteiger partial charge on any atom is -0.469 e. The molecule has 13 nitrogen and oxygen atoms in total. The van der Waals surface area contributed by atoms with Crippen molar-refractivity contribution in [2.24, 2.45) is 11.5 Å². The molecule has 2 unspecified atom stereocenters. The summed E-state index contributed by atoms with van der Waals surface area (Å²) in [6.45, 7) is 0.505. The van der Waals surface area contributed by atoms with E-state index in [1.807, 2.05) is 48.5 Å². The number of amides is 2. The van der Waals surface area contributed by atoms with Gasteiger partial charge in [-0.15, -0.1) is 0 Å². The van der Waals surface area contributed by atoms with Crippen LogP contribution in [0.3, 0.4) is 0 Å². The van der Waals surface area contributed by atoms with Gasteiger partial charge in [-0.25, -0.2) is 9.59 Å². The summed E-state index contributed by atoms with van der Waals surface area (Å²) in [5.74, 6) is 9.73. The highest BCUT2D eigenvalue weighted by molar-refractivity contribution is 5.86. The lowest BCUT2D eigenvalue weighted by molar-refractivity contribution is -0.150. The zero-order valence-electron chi connectivity index (χ0n) is 30.4. The van der Waals surface area contributed by atoms with Gasteiger partial charge in [0.1, 0.15) is 6.04 Å². The first-order valence-electron chi connectivity index (χ1n) is 17.3. The molecule has 3 aromatic rings. The molecule has 282 valence electrons. The quantitative estimate of drug-likeness (QED) is 0.133. The Balaban J connectivity index is 1.31. The molecule has 1 heterocycles. The fourth-order valence-electron chi connectivity index (χ4n) is 5.78. The van der Waals surface area contributed by atoms with E-state index >= 15 is 0 Å². The van der Waals surface area contributed by atoms with Crippen LogP contribution in [0.1, 0.15) is 51.8 Å². The second-order valence-electron chi connectivity index (χ2n) is 12.4. The molecule has 0 radical (unpaired) electrons. The number of hydrogen-bond acceptors (Lipinski definition) is 11. The average Bonchev–Trinajstić information content (AvgIpc) is 3.60. The van der Waals surface area contributed by atoms with Crippen LogP contribution in [-0.2, 0) is 70.5 Å². The summed E-state index contributed by atoms with van der Waals surface area (Å²) in [7, 11) is 2.54. The van der Waals surface area contributed by atoms with Crippen LogP contribution in [0, 0.1) is 23.7 Å². The van der Waals surface area contributed by atoms with Crippen LogP contribution in [0.2, 0.25) is 0 Å². The van der Waals surface area contributed by atoms with Gasteiger partial charge in [-0.3, -0.25) is 14.4 Å². The topological polar surface area (TPSA) is 190 Å². The number of carbonyl (C=O) groups is 5. The third-order valence-corrected chi connectivity index (χ3v) is 8.49. The molecular weight excluding hydrogens is 692 g/mol. The summed E-state index contributed by atoms with van der Waals surface area (Å²) in [6.07, 6.45) is 0.126. The number of alkyl carbamates (subject to hydrolysis) is 1. The molecule has 1 aliphatic rings. The Hall–Kier alpha value is -6.15. The van der Waals surface area contributed by atoms with Crippen LogP contribution in [0.15, 0.2) is 66.7 Å². The molecule has 1 aliphatic heterocycles. The maximum Gasteiger partial charge on any atom is 0.408 e. The number of ether oxygens (including phenoxy) is 4. The maximum absolute atomic E-state index is 13.1. The van der Waals surface area contributed by atoms with E-state index in [4.69, 9.17) is 30.4 Å². The number of nitrogens with zero attached hydrogens (tertiary/aromatic N) is 1. The smallest absolute Gasteiger partial charge is 0.408 e. The third-order valence-electron chi connectivity index (χ3n) is 8.49. The summed E-state index contributed by atoms with van der Waals surface area (Å²) in [5, 5.41) is 2.71. The first-order chi connectivity index (χ1) is 26.1. The lowest BCUT2D eigenvalue weighted by atomic mass is 10.0. The number of nitrogens with one attached hydrogen (secondary N) is 1. The maximum atomic E-state index is 13.1. The van der Waals surface area contributed by atoms with Crippen LogP contribution in [0.5, 0.6) is 0 Å². The van der Waals surface area contributed by atoms with Gasteiger partial charge < -0.3 is 40.6 Å². The van der Waals surface area contributed by atoms with Crippen LogP contribution >= 0.6 is 0 Å². The van der Waals surface area contributed by atoms with Gasteiger partial charge in [-0.05, 0) is 52.4 Å². The van der Waals surface area contributed by atoms with Gasteiger partial charge in [-0.1, -0.05) is 72.2 Å². The van der Waals surface area contributed by atoms with Gasteiger partial charge in [0.05, 0.1) is 33.1 Å². The molecule has 0 spiro atoms. The number of nitrogens with two attached hydrogens (primary N) is 2. The summed E-state index contributed by atoms with van der Waals surface area (Å²) < 4.78 is 20.2. The lowest BCUT2D eigenvalue weighted by Crippen LogP contribution is -2.42. The molecular formula is C41H44N4O9. The zero-order chi connectivity index (χ0) is 38.9. The van der Waals surface area contributed by atoms with E-state index in [1.165, 1.54) is 19.1 Å². The number of hydrogen-bond donors (Lipinski definition) is 3. The number of carbonyl (C=O) groups excluding carboxylic acids is 5. The van der Waals surface area contributed by atoms with Gasteiger partial charge in [0.15, 0.2) is 13.2 Å².